The van der Waals surface area contributed by atoms with Crippen LogP contribution >= 0.6 is 11.3 Å². The van der Waals surface area contributed by atoms with E-state index in [4.69, 9.17) is 0 Å². The quantitative estimate of drug-likeness (QED) is 0.920. The molecule has 1 fully saturated rings. The number of imidazole rings is 1. The standard InChI is InChI=1S/C13H18N6OS/c1-10-2-4-18(6-11(10)19-5-3-14-8-19)7-12(20)16-13-17-15-9-21-13/h3,5,8-11H,2,4,6-7H2,1H3,(H,16,17,20)/t10-,11+/m1/s1. The summed E-state index contributed by atoms with van der Waals surface area (Å²) >= 11 is 1.33. The van der Waals surface area contributed by atoms with Crippen LogP contribution in [-0.4, -0.2) is 50.2 Å². The highest BCUT2D eigenvalue weighted by atomic mass is 32.1. The van der Waals surface area contributed by atoms with E-state index >= 15 is 0 Å². The Morgan fingerprint density at radius 3 is 3.19 bits per heavy atom. The van der Waals surface area contributed by atoms with E-state index in [2.05, 4.69) is 36.9 Å². The Hall–Kier alpha value is -1.80. The fourth-order valence-corrected chi connectivity index (χ4v) is 3.16. The first kappa shape index (κ1) is 14.2. The van der Waals surface area contributed by atoms with Crippen LogP contribution in [0.3, 0.4) is 0 Å². The number of nitrogens with one attached hydrogen (secondary N) is 1. The number of carbonyl (C=O) groups is 1. The molecule has 0 aromatic carbocycles. The van der Waals surface area contributed by atoms with Gasteiger partial charge in [-0.25, -0.2) is 4.98 Å². The predicted octanol–water partition coefficient (Wildman–Crippen LogP) is 1.26. The summed E-state index contributed by atoms with van der Waals surface area (Å²) in [6.07, 6.45) is 6.72. The van der Waals surface area contributed by atoms with E-state index in [0.717, 1.165) is 19.5 Å². The fourth-order valence-electron chi connectivity index (χ4n) is 2.70. The molecule has 0 radical (unpaired) electrons. The molecule has 1 saturated heterocycles. The molecule has 3 rings (SSSR count). The second-order valence-corrected chi connectivity index (χ2v) is 6.20. The van der Waals surface area contributed by atoms with E-state index in [0.29, 0.717) is 23.6 Å². The van der Waals surface area contributed by atoms with E-state index in [9.17, 15) is 4.79 Å². The van der Waals surface area contributed by atoms with Gasteiger partial charge in [0.2, 0.25) is 11.0 Å². The summed E-state index contributed by atoms with van der Waals surface area (Å²) < 4.78 is 2.14. The van der Waals surface area contributed by atoms with Crippen LogP contribution in [-0.2, 0) is 4.79 Å². The summed E-state index contributed by atoms with van der Waals surface area (Å²) in [4.78, 5) is 18.3. The van der Waals surface area contributed by atoms with Gasteiger partial charge in [-0.2, -0.15) is 0 Å². The monoisotopic (exact) mass is 306 g/mol. The Kier molecular flexibility index (Phi) is 4.26. The number of hydrogen-bond acceptors (Lipinski definition) is 6. The molecule has 8 heteroatoms. The Morgan fingerprint density at radius 1 is 1.57 bits per heavy atom. The average Bonchev–Trinajstić information content (AvgIpc) is 3.13. The minimum atomic E-state index is -0.0364. The van der Waals surface area contributed by atoms with Crippen molar-refractivity contribution in [1.82, 2.24) is 24.6 Å². The van der Waals surface area contributed by atoms with E-state index in [1.54, 1.807) is 11.7 Å². The Labute approximate surface area is 127 Å². The van der Waals surface area contributed by atoms with Gasteiger partial charge in [-0.1, -0.05) is 18.3 Å². The van der Waals surface area contributed by atoms with Crippen LogP contribution in [0.4, 0.5) is 5.13 Å². The summed E-state index contributed by atoms with van der Waals surface area (Å²) in [6.45, 7) is 4.44. The highest BCUT2D eigenvalue weighted by Crippen LogP contribution is 2.27. The molecule has 0 saturated carbocycles. The molecule has 2 aromatic heterocycles. The molecule has 3 heterocycles. The van der Waals surface area contributed by atoms with Gasteiger partial charge in [-0.15, -0.1) is 10.2 Å². The van der Waals surface area contributed by atoms with Crippen molar-refractivity contribution in [3.8, 4) is 0 Å². The maximum absolute atomic E-state index is 12.0. The second kappa shape index (κ2) is 6.31. The Balaban J connectivity index is 1.57. The molecule has 0 bridgehead atoms. The van der Waals surface area contributed by atoms with Crippen LogP contribution in [0.5, 0.6) is 0 Å². The van der Waals surface area contributed by atoms with E-state index < -0.39 is 0 Å². The van der Waals surface area contributed by atoms with Crippen LogP contribution in [0.15, 0.2) is 24.2 Å². The number of hydrogen-bond donors (Lipinski definition) is 1. The van der Waals surface area contributed by atoms with Gasteiger partial charge in [-0.05, 0) is 18.9 Å². The summed E-state index contributed by atoms with van der Waals surface area (Å²) in [5.41, 5.74) is 1.60. The van der Waals surface area contributed by atoms with Gasteiger partial charge in [0.25, 0.3) is 0 Å². The normalized spacial score (nSPS) is 23.1. The number of aromatic nitrogens is 4. The minimum Gasteiger partial charge on any atom is -0.333 e. The molecule has 1 aliphatic rings. The lowest BCUT2D eigenvalue weighted by Crippen LogP contribution is -2.43. The van der Waals surface area contributed by atoms with Crippen molar-refractivity contribution >= 4 is 22.4 Å². The molecule has 112 valence electrons. The van der Waals surface area contributed by atoms with Crippen molar-refractivity contribution in [2.24, 2.45) is 5.92 Å². The van der Waals surface area contributed by atoms with Crippen molar-refractivity contribution < 1.29 is 4.79 Å². The van der Waals surface area contributed by atoms with Gasteiger partial charge in [0, 0.05) is 25.0 Å². The highest BCUT2D eigenvalue weighted by molar-refractivity contribution is 7.13. The third kappa shape index (κ3) is 3.45. The molecule has 1 amide bonds. The smallest absolute Gasteiger partial charge is 0.240 e. The van der Waals surface area contributed by atoms with Crippen LogP contribution in [0, 0.1) is 5.92 Å². The summed E-state index contributed by atoms with van der Waals surface area (Å²) in [6, 6.07) is 0.371. The lowest BCUT2D eigenvalue weighted by atomic mass is 9.93. The van der Waals surface area contributed by atoms with E-state index in [1.807, 2.05) is 12.5 Å². The maximum atomic E-state index is 12.0. The second-order valence-electron chi connectivity index (χ2n) is 5.37. The van der Waals surface area contributed by atoms with Crippen molar-refractivity contribution in [2.75, 3.05) is 25.0 Å². The van der Waals surface area contributed by atoms with Crippen molar-refractivity contribution in [2.45, 2.75) is 19.4 Å². The SMILES string of the molecule is C[C@@H]1CCN(CC(=O)Nc2nncs2)C[C@@H]1n1ccnc1. The third-order valence-electron chi connectivity index (χ3n) is 3.88. The van der Waals surface area contributed by atoms with Gasteiger partial charge in [0.05, 0.1) is 12.9 Å². The zero-order valence-corrected chi connectivity index (χ0v) is 12.7. The first-order valence-electron chi connectivity index (χ1n) is 6.98. The molecule has 2 aromatic rings. The summed E-state index contributed by atoms with van der Waals surface area (Å²) in [5, 5.41) is 10.9. The molecule has 1 aliphatic heterocycles. The topological polar surface area (TPSA) is 75.9 Å². The number of rotatable bonds is 4. The fraction of sp³-hybridized carbons (Fsp3) is 0.538. The summed E-state index contributed by atoms with van der Waals surface area (Å²) in [5.74, 6) is 0.548. The number of amides is 1. The molecular formula is C13H18N6OS. The number of likely N-dealkylation sites (tertiary alicyclic amines) is 1. The van der Waals surface area contributed by atoms with Crippen LogP contribution in [0.2, 0.25) is 0 Å². The first-order chi connectivity index (χ1) is 10.2. The number of nitrogens with zero attached hydrogens (tertiary/aromatic N) is 5. The lowest BCUT2D eigenvalue weighted by Gasteiger charge is -2.37. The number of piperidine rings is 1. The Morgan fingerprint density at radius 2 is 2.48 bits per heavy atom. The number of anilines is 1. The average molecular weight is 306 g/mol. The van der Waals surface area contributed by atoms with E-state index in [-0.39, 0.29) is 5.91 Å². The first-order valence-corrected chi connectivity index (χ1v) is 7.86. The van der Waals surface area contributed by atoms with Crippen LogP contribution in [0.25, 0.3) is 0 Å². The molecule has 7 nitrogen and oxygen atoms in total. The van der Waals surface area contributed by atoms with Gasteiger partial charge in [0.1, 0.15) is 5.51 Å². The van der Waals surface area contributed by atoms with Crippen LogP contribution < -0.4 is 5.32 Å². The van der Waals surface area contributed by atoms with Gasteiger partial charge >= 0.3 is 0 Å². The van der Waals surface area contributed by atoms with Gasteiger partial charge in [-0.3, -0.25) is 15.0 Å². The molecule has 0 unspecified atom stereocenters. The lowest BCUT2D eigenvalue weighted by molar-refractivity contribution is -0.117. The van der Waals surface area contributed by atoms with Crippen molar-refractivity contribution in [1.29, 1.82) is 0 Å². The molecule has 1 N–H and O–H groups in total. The largest absolute Gasteiger partial charge is 0.333 e. The highest BCUT2D eigenvalue weighted by Gasteiger charge is 2.28. The molecule has 0 spiro atoms. The minimum absolute atomic E-state index is 0.0364. The van der Waals surface area contributed by atoms with Gasteiger partial charge in [0.15, 0.2) is 0 Å². The summed E-state index contributed by atoms with van der Waals surface area (Å²) in [7, 11) is 0. The molecule has 2 atom stereocenters. The zero-order chi connectivity index (χ0) is 14.7. The van der Waals surface area contributed by atoms with Crippen molar-refractivity contribution in [3.63, 3.8) is 0 Å². The molecule has 21 heavy (non-hydrogen) atoms. The van der Waals surface area contributed by atoms with Crippen molar-refractivity contribution in [3.05, 3.63) is 24.2 Å². The van der Waals surface area contributed by atoms with Gasteiger partial charge < -0.3 is 4.57 Å². The van der Waals surface area contributed by atoms with E-state index in [1.165, 1.54) is 11.3 Å². The number of carbonyl (C=O) groups excluding carboxylic acids is 1. The van der Waals surface area contributed by atoms with Crippen LogP contribution in [0.1, 0.15) is 19.4 Å². The third-order valence-corrected chi connectivity index (χ3v) is 4.49. The Bertz CT molecular complexity index is 570. The molecule has 0 aliphatic carbocycles. The predicted molar refractivity (Wildman–Crippen MR) is 80.0 cm³/mol. The maximum Gasteiger partial charge on any atom is 0.240 e. The molecular weight excluding hydrogens is 288 g/mol. The zero-order valence-electron chi connectivity index (χ0n) is 11.8.